The molecule has 1 aromatic heterocycles. The van der Waals surface area contributed by atoms with Gasteiger partial charge < -0.3 is 10.1 Å². The van der Waals surface area contributed by atoms with Gasteiger partial charge in [0.2, 0.25) is 15.9 Å². The summed E-state index contributed by atoms with van der Waals surface area (Å²) in [6, 6.07) is 0. The molecule has 2 rings (SSSR count). The summed E-state index contributed by atoms with van der Waals surface area (Å²) >= 11 is 1.49. The molecule has 0 radical (unpaired) electrons. The lowest BCUT2D eigenvalue weighted by molar-refractivity contribution is -0.120. The summed E-state index contributed by atoms with van der Waals surface area (Å²) in [7, 11) is -3.42. The largest absolute Gasteiger partial charge is 0.373 e. The fourth-order valence-corrected chi connectivity index (χ4v) is 5.24. The van der Waals surface area contributed by atoms with E-state index < -0.39 is 10.0 Å². The molecular formula is C18H30N4O4S2. The Bertz CT molecular complexity index is 768. The maximum atomic E-state index is 12.5. The average Bonchev–Trinajstić information content (AvgIpc) is 2.59. The molecular weight excluding hydrogens is 400 g/mol. The molecule has 0 bridgehead atoms. The van der Waals surface area contributed by atoms with E-state index in [0.29, 0.717) is 19.5 Å². The van der Waals surface area contributed by atoms with Crippen LogP contribution in [-0.4, -0.2) is 72.4 Å². The fraction of sp³-hybridized carbons (Fsp3) is 0.722. The van der Waals surface area contributed by atoms with E-state index in [2.05, 4.69) is 15.3 Å². The lowest BCUT2D eigenvalue weighted by Crippen LogP contribution is -2.49. The zero-order valence-corrected chi connectivity index (χ0v) is 18.8. The molecule has 1 aromatic rings. The topological polar surface area (TPSA) is 101 Å². The van der Waals surface area contributed by atoms with Crippen molar-refractivity contribution in [3.05, 3.63) is 17.0 Å². The van der Waals surface area contributed by atoms with Crippen LogP contribution in [0.4, 0.5) is 0 Å². The van der Waals surface area contributed by atoms with E-state index in [4.69, 9.17) is 4.74 Å². The summed E-state index contributed by atoms with van der Waals surface area (Å²) in [6.07, 6.45) is 2.48. The summed E-state index contributed by atoms with van der Waals surface area (Å²) in [5.74, 6) is -0.284. The molecule has 10 heteroatoms. The Morgan fingerprint density at radius 1 is 1.21 bits per heavy atom. The number of amides is 1. The third-order valence-corrected chi connectivity index (χ3v) is 7.00. The van der Waals surface area contributed by atoms with E-state index in [-0.39, 0.29) is 36.8 Å². The summed E-state index contributed by atoms with van der Waals surface area (Å²) in [6.45, 7) is 8.35. The Labute approximate surface area is 171 Å². The number of rotatable bonds is 8. The van der Waals surface area contributed by atoms with Crippen molar-refractivity contribution in [3.8, 4) is 0 Å². The van der Waals surface area contributed by atoms with Crippen molar-refractivity contribution in [1.29, 1.82) is 0 Å². The number of nitrogens with one attached hydrogen (secondary N) is 1. The molecule has 2 atom stereocenters. The quantitative estimate of drug-likeness (QED) is 0.490. The number of thioether (sulfide) groups is 1. The highest BCUT2D eigenvalue weighted by atomic mass is 32.2. The molecule has 2 heterocycles. The van der Waals surface area contributed by atoms with Crippen molar-refractivity contribution in [2.75, 3.05) is 31.6 Å². The zero-order chi connectivity index (χ0) is 20.9. The first-order valence-corrected chi connectivity index (χ1v) is 12.2. The van der Waals surface area contributed by atoms with Crippen molar-refractivity contribution in [3.63, 3.8) is 0 Å². The Morgan fingerprint density at radius 3 is 2.32 bits per heavy atom. The molecule has 1 aliphatic heterocycles. The molecule has 1 saturated heterocycles. The number of aryl methyl sites for hydroxylation is 2. The highest BCUT2D eigenvalue weighted by molar-refractivity contribution is 7.98. The predicted molar refractivity (Wildman–Crippen MR) is 110 cm³/mol. The lowest BCUT2D eigenvalue weighted by Gasteiger charge is -2.34. The predicted octanol–water partition coefficient (Wildman–Crippen LogP) is 1.30. The normalized spacial score (nSPS) is 20.9. The second-order valence-corrected chi connectivity index (χ2v) is 9.96. The maximum absolute atomic E-state index is 12.5. The third kappa shape index (κ3) is 6.40. The average molecular weight is 431 g/mol. The van der Waals surface area contributed by atoms with Gasteiger partial charge in [-0.15, -0.1) is 0 Å². The van der Waals surface area contributed by atoms with Gasteiger partial charge in [-0.2, -0.15) is 4.31 Å². The Morgan fingerprint density at radius 2 is 1.79 bits per heavy atom. The fourth-order valence-electron chi connectivity index (χ4n) is 3.30. The number of morpholine rings is 1. The van der Waals surface area contributed by atoms with Gasteiger partial charge >= 0.3 is 0 Å². The highest BCUT2D eigenvalue weighted by Gasteiger charge is 2.30. The van der Waals surface area contributed by atoms with Gasteiger partial charge in [0.15, 0.2) is 5.16 Å². The maximum Gasteiger partial charge on any atom is 0.220 e. The summed E-state index contributed by atoms with van der Waals surface area (Å²) in [5, 5.41) is 3.43. The van der Waals surface area contributed by atoms with Crippen molar-refractivity contribution >= 4 is 27.7 Å². The number of carbonyl (C=O) groups is 1. The van der Waals surface area contributed by atoms with Gasteiger partial charge in [0.05, 0.1) is 18.0 Å². The van der Waals surface area contributed by atoms with Gasteiger partial charge in [-0.3, -0.25) is 4.79 Å². The van der Waals surface area contributed by atoms with Gasteiger partial charge in [-0.25, -0.2) is 18.4 Å². The Hall–Kier alpha value is -1.23. The third-order valence-electron chi connectivity index (χ3n) is 4.65. The van der Waals surface area contributed by atoms with Crippen LogP contribution in [0.25, 0.3) is 0 Å². The summed E-state index contributed by atoms with van der Waals surface area (Å²) < 4.78 is 32.0. The summed E-state index contributed by atoms with van der Waals surface area (Å²) in [5.41, 5.74) is 2.72. The van der Waals surface area contributed by atoms with Crippen LogP contribution in [0.15, 0.2) is 5.16 Å². The van der Waals surface area contributed by atoms with Gasteiger partial charge in [-0.1, -0.05) is 11.8 Å². The second-order valence-electron chi connectivity index (χ2n) is 7.10. The summed E-state index contributed by atoms with van der Waals surface area (Å²) in [4.78, 5) is 21.0. The molecule has 8 nitrogen and oxygen atoms in total. The standard InChI is InChI=1S/C18H30N4O4S2/c1-12-10-22(11-13(2)26-12)28(24,25)9-8-19-17(23)7-6-16-14(3)20-18(27-5)21-15(16)4/h12-13H,6-11H2,1-5H3,(H,19,23)/t12-,13-/m0/s1. The Kier molecular flexibility index (Phi) is 8.23. The van der Waals surface area contributed by atoms with Crippen LogP contribution < -0.4 is 5.32 Å². The van der Waals surface area contributed by atoms with Crippen LogP contribution >= 0.6 is 11.8 Å². The van der Waals surface area contributed by atoms with Crippen molar-refractivity contribution in [2.24, 2.45) is 0 Å². The molecule has 1 aliphatic rings. The van der Waals surface area contributed by atoms with Crippen LogP contribution in [0.2, 0.25) is 0 Å². The van der Waals surface area contributed by atoms with Crippen molar-refractivity contribution in [1.82, 2.24) is 19.6 Å². The van der Waals surface area contributed by atoms with E-state index >= 15 is 0 Å². The van der Waals surface area contributed by atoms with Crippen molar-refractivity contribution in [2.45, 2.75) is 57.9 Å². The van der Waals surface area contributed by atoms with E-state index in [1.807, 2.05) is 34.0 Å². The molecule has 158 valence electrons. The van der Waals surface area contributed by atoms with Gasteiger partial charge in [-0.05, 0) is 45.9 Å². The lowest BCUT2D eigenvalue weighted by atomic mass is 10.1. The number of aromatic nitrogens is 2. The first-order valence-electron chi connectivity index (χ1n) is 9.40. The molecule has 0 saturated carbocycles. The van der Waals surface area contributed by atoms with Gasteiger partial charge in [0.1, 0.15) is 0 Å². The molecule has 0 unspecified atom stereocenters. The zero-order valence-electron chi connectivity index (χ0n) is 17.2. The van der Waals surface area contributed by atoms with E-state index in [9.17, 15) is 13.2 Å². The van der Waals surface area contributed by atoms with Crippen LogP contribution in [-0.2, 0) is 26.0 Å². The molecule has 0 aliphatic carbocycles. The minimum absolute atomic E-state index is 0.0984. The number of hydrogen-bond acceptors (Lipinski definition) is 7. The van der Waals surface area contributed by atoms with Crippen molar-refractivity contribution < 1.29 is 17.9 Å². The monoisotopic (exact) mass is 430 g/mol. The minimum atomic E-state index is -3.42. The number of sulfonamides is 1. The SMILES string of the molecule is CSc1nc(C)c(CCC(=O)NCCS(=O)(=O)N2C[C@H](C)O[C@@H](C)C2)c(C)n1. The highest BCUT2D eigenvalue weighted by Crippen LogP contribution is 2.17. The second kappa shape index (κ2) is 10.00. The molecule has 28 heavy (non-hydrogen) atoms. The molecule has 1 amide bonds. The van der Waals surface area contributed by atoms with E-state index in [1.165, 1.54) is 16.1 Å². The number of carbonyl (C=O) groups excluding carboxylic acids is 1. The van der Waals surface area contributed by atoms with E-state index in [1.54, 1.807) is 0 Å². The smallest absolute Gasteiger partial charge is 0.220 e. The van der Waals surface area contributed by atoms with Crippen LogP contribution in [0, 0.1) is 13.8 Å². The van der Waals surface area contributed by atoms with E-state index in [0.717, 1.165) is 22.1 Å². The number of ether oxygens (including phenoxy) is 1. The first-order chi connectivity index (χ1) is 13.1. The Balaban J connectivity index is 1.81. The van der Waals surface area contributed by atoms with Crippen LogP contribution in [0.5, 0.6) is 0 Å². The van der Waals surface area contributed by atoms with Gasteiger partial charge in [0.25, 0.3) is 0 Å². The molecule has 0 spiro atoms. The molecule has 1 fully saturated rings. The van der Waals surface area contributed by atoms with Crippen LogP contribution in [0.1, 0.15) is 37.2 Å². The number of nitrogens with zero attached hydrogens (tertiary/aromatic N) is 3. The number of hydrogen-bond donors (Lipinski definition) is 1. The first kappa shape index (κ1) is 23.1. The van der Waals surface area contributed by atoms with Gasteiger partial charge in [0, 0.05) is 37.4 Å². The molecule has 1 N–H and O–H groups in total. The molecule has 0 aromatic carbocycles. The minimum Gasteiger partial charge on any atom is -0.373 e. The van der Waals surface area contributed by atoms with Crippen LogP contribution in [0.3, 0.4) is 0 Å².